The van der Waals surface area contributed by atoms with Crippen molar-refractivity contribution in [1.29, 1.82) is 0 Å². The summed E-state index contributed by atoms with van der Waals surface area (Å²) >= 11 is 0. The molecule has 1 aromatic rings. The number of carbonyl (C=O) groups excluding carboxylic acids is 1. The fourth-order valence-corrected chi connectivity index (χ4v) is 3.52. The summed E-state index contributed by atoms with van der Waals surface area (Å²) in [6.07, 6.45) is -1.63. The van der Waals surface area contributed by atoms with Gasteiger partial charge in [-0.2, -0.15) is 0 Å². The van der Waals surface area contributed by atoms with Gasteiger partial charge in [-0.1, -0.05) is 12.1 Å². The molecule has 1 amide bonds. The summed E-state index contributed by atoms with van der Waals surface area (Å²) in [5, 5.41) is 9.17. The van der Waals surface area contributed by atoms with E-state index in [9.17, 15) is 22.8 Å². The Morgan fingerprint density at radius 3 is 2.42 bits per heavy atom. The molecule has 5 nitrogen and oxygen atoms in total. The second kappa shape index (κ2) is 6.81. The topological polar surface area (TPSA) is 66.8 Å². The lowest BCUT2D eigenvalue weighted by Gasteiger charge is -2.33. The Kier molecular flexibility index (Phi) is 4.86. The summed E-state index contributed by atoms with van der Waals surface area (Å²) in [5.41, 5.74) is 0.212. The third-order valence-electron chi connectivity index (χ3n) is 5.06. The van der Waals surface area contributed by atoms with Gasteiger partial charge in [0.2, 0.25) is 5.91 Å². The van der Waals surface area contributed by atoms with Crippen molar-refractivity contribution in [3.8, 4) is 5.75 Å². The molecule has 2 aliphatic rings. The van der Waals surface area contributed by atoms with Gasteiger partial charge < -0.3 is 14.7 Å². The summed E-state index contributed by atoms with van der Waals surface area (Å²) in [4.78, 5) is 25.7. The number of halogens is 3. The summed E-state index contributed by atoms with van der Waals surface area (Å²) in [7, 11) is 0. The van der Waals surface area contributed by atoms with E-state index in [1.807, 2.05) is 0 Å². The Morgan fingerprint density at radius 1 is 1.23 bits per heavy atom. The molecule has 1 aliphatic carbocycles. The summed E-state index contributed by atoms with van der Waals surface area (Å²) < 4.78 is 40.5. The molecule has 1 aliphatic heterocycles. The lowest BCUT2D eigenvalue weighted by molar-refractivity contribution is -0.274. The number of nitrogens with zero attached hydrogens (tertiary/aromatic N) is 1. The van der Waals surface area contributed by atoms with E-state index in [0.717, 1.165) is 5.56 Å². The smallest absolute Gasteiger partial charge is 0.481 e. The Bertz CT molecular complexity index is 683. The molecule has 3 rings (SSSR count). The molecule has 1 saturated heterocycles. The van der Waals surface area contributed by atoms with Crippen LogP contribution in [-0.4, -0.2) is 41.3 Å². The molecule has 1 saturated carbocycles. The minimum Gasteiger partial charge on any atom is -0.481 e. The molecule has 1 N–H and O–H groups in total. The van der Waals surface area contributed by atoms with Crippen molar-refractivity contribution < 1.29 is 32.6 Å². The van der Waals surface area contributed by atoms with Crippen LogP contribution < -0.4 is 4.74 Å². The van der Waals surface area contributed by atoms with Crippen molar-refractivity contribution in [3.63, 3.8) is 0 Å². The number of ether oxygens (including phenoxy) is 1. The lowest BCUT2D eigenvalue weighted by Crippen LogP contribution is -2.46. The molecule has 1 aromatic carbocycles. The van der Waals surface area contributed by atoms with Crippen molar-refractivity contribution in [2.75, 3.05) is 13.1 Å². The minimum absolute atomic E-state index is 0.0425. The first kappa shape index (κ1) is 18.5. The van der Waals surface area contributed by atoms with Crippen molar-refractivity contribution in [2.45, 2.75) is 38.5 Å². The van der Waals surface area contributed by atoms with Crippen molar-refractivity contribution in [2.24, 2.45) is 11.3 Å². The number of amides is 1. The number of carboxylic acids is 1. The molecule has 1 unspecified atom stereocenters. The van der Waals surface area contributed by atoms with Gasteiger partial charge in [0.15, 0.2) is 0 Å². The molecule has 142 valence electrons. The van der Waals surface area contributed by atoms with Crippen LogP contribution in [0.5, 0.6) is 5.75 Å². The number of hydrogen-bond donors (Lipinski definition) is 1. The van der Waals surface area contributed by atoms with Gasteiger partial charge in [0.05, 0.1) is 11.3 Å². The molecule has 1 heterocycles. The van der Waals surface area contributed by atoms with E-state index in [1.165, 1.54) is 24.3 Å². The van der Waals surface area contributed by atoms with Gasteiger partial charge >= 0.3 is 12.3 Å². The monoisotopic (exact) mass is 371 g/mol. The molecule has 2 fully saturated rings. The number of piperidine rings is 1. The second-order valence-electron chi connectivity index (χ2n) is 7.08. The van der Waals surface area contributed by atoms with E-state index in [2.05, 4.69) is 4.74 Å². The Morgan fingerprint density at radius 2 is 1.88 bits per heavy atom. The first-order valence-corrected chi connectivity index (χ1v) is 8.55. The van der Waals surface area contributed by atoms with Crippen LogP contribution in [0.1, 0.15) is 31.2 Å². The minimum atomic E-state index is -4.73. The molecular weight excluding hydrogens is 351 g/mol. The Balaban J connectivity index is 1.64. The summed E-state index contributed by atoms with van der Waals surface area (Å²) in [6.45, 7) is 0.789. The maximum Gasteiger partial charge on any atom is 0.573 e. The van der Waals surface area contributed by atoms with Crippen molar-refractivity contribution in [1.82, 2.24) is 4.90 Å². The highest BCUT2D eigenvalue weighted by Gasteiger charge is 2.52. The number of carboxylic acid groups (broad SMARTS) is 1. The number of benzene rings is 1. The van der Waals surface area contributed by atoms with Crippen molar-refractivity contribution >= 4 is 11.9 Å². The van der Waals surface area contributed by atoms with Gasteiger partial charge in [-0.25, -0.2) is 0 Å². The van der Waals surface area contributed by atoms with E-state index in [1.54, 1.807) is 4.90 Å². The molecule has 26 heavy (non-hydrogen) atoms. The summed E-state index contributed by atoms with van der Waals surface area (Å²) in [5.74, 6) is -1.74. The third kappa shape index (κ3) is 4.28. The van der Waals surface area contributed by atoms with Gasteiger partial charge in [0.1, 0.15) is 5.75 Å². The predicted molar refractivity (Wildman–Crippen MR) is 85.4 cm³/mol. The highest BCUT2D eigenvalue weighted by atomic mass is 19.4. The van der Waals surface area contributed by atoms with E-state index < -0.39 is 23.7 Å². The Hall–Kier alpha value is -2.25. The largest absolute Gasteiger partial charge is 0.573 e. The fraction of sp³-hybridized carbons (Fsp3) is 0.556. The first-order valence-electron chi connectivity index (χ1n) is 8.55. The number of carbonyl (C=O) groups is 2. The maximum atomic E-state index is 12.9. The maximum absolute atomic E-state index is 12.9. The van der Waals surface area contributed by atoms with Crippen LogP contribution >= 0.6 is 0 Å². The van der Waals surface area contributed by atoms with Crippen LogP contribution in [0.4, 0.5) is 13.2 Å². The number of hydrogen-bond acceptors (Lipinski definition) is 3. The molecule has 0 spiro atoms. The molecule has 8 heteroatoms. The van der Waals surface area contributed by atoms with Crippen LogP contribution in [0.3, 0.4) is 0 Å². The van der Waals surface area contributed by atoms with Crippen LogP contribution in [0, 0.1) is 11.3 Å². The number of aliphatic carboxylic acids is 1. The molecule has 0 aromatic heterocycles. The standard InChI is InChI=1S/C18H20F3NO4/c19-18(20,21)26-14-5-3-12(4-6-14)10-17(7-8-17)16(25)22-9-1-2-13(11-22)15(23)24/h3-6,13H,1-2,7-11H2,(H,23,24). The highest BCUT2D eigenvalue weighted by molar-refractivity contribution is 5.86. The average Bonchev–Trinajstić information content (AvgIpc) is 3.35. The second-order valence-corrected chi connectivity index (χ2v) is 7.08. The lowest BCUT2D eigenvalue weighted by atomic mass is 9.92. The van der Waals surface area contributed by atoms with E-state index in [4.69, 9.17) is 5.11 Å². The fourth-order valence-electron chi connectivity index (χ4n) is 3.52. The number of likely N-dealkylation sites (tertiary alicyclic amines) is 1. The SMILES string of the molecule is O=C(O)C1CCCN(C(=O)C2(Cc3ccc(OC(F)(F)F)cc3)CC2)C1. The van der Waals surface area contributed by atoms with E-state index in [0.29, 0.717) is 38.6 Å². The van der Waals surface area contributed by atoms with Gasteiger partial charge in [0, 0.05) is 13.1 Å². The van der Waals surface area contributed by atoms with Crippen LogP contribution in [-0.2, 0) is 16.0 Å². The van der Waals surface area contributed by atoms with Gasteiger partial charge in [-0.15, -0.1) is 13.2 Å². The molecule has 0 radical (unpaired) electrons. The first-order chi connectivity index (χ1) is 12.2. The highest BCUT2D eigenvalue weighted by Crippen LogP contribution is 2.50. The zero-order valence-corrected chi connectivity index (χ0v) is 14.1. The predicted octanol–water partition coefficient (Wildman–Crippen LogP) is 3.23. The van der Waals surface area contributed by atoms with Gasteiger partial charge in [-0.3, -0.25) is 9.59 Å². The zero-order valence-electron chi connectivity index (χ0n) is 14.1. The van der Waals surface area contributed by atoms with E-state index in [-0.39, 0.29) is 18.2 Å². The molecular formula is C18H20F3NO4. The van der Waals surface area contributed by atoms with E-state index >= 15 is 0 Å². The normalized spacial score (nSPS) is 22.0. The molecule has 1 atom stereocenters. The molecule has 0 bridgehead atoms. The average molecular weight is 371 g/mol. The summed E-state index contributed by atoms with van der Waals surface area (Å²) in [6, 6.07) is 5.55. The van der Waals surface area contributed by atoms with Crippen LogP contribution in [0.15, 0.2) is 24.3 Å². The van der Waals surface area contributed by atoms with Crippen molar-refractivity contribution in [3.05, 3.63) is 29.8 Å². The van der Waals surface area contributed by atoms with Gasteiger partial charge in [0.25, 0.3) is 0 Å². The number of rotatable bonds is 5. The quantitative estimate of drug-likeness (QED) is 0.863. The zero-order chi connectivity index (χ0) is 18.9. The third-order valence-corrected chi connectivity index (χ3v) is 5.06. The number of alkyl halides is 3. The van der Waals surface area contributed by atoms with Crippen LogP contribution in [0.2, 0.25) is 0 Å². The van der Waals surface area contributed by atoms with Gasteiger partial charge in [-0.05, 0) is 49.8 Å². The Labute approximate surface area is 148 Å². The van der Waals surface area contributed by atoms with Crippen LogP contribution in [0.25, 0.3) is 0 Å².